The summed E-state index contributed by atoms with van der Waals surface area (Å²) in [4.78, 5) is 0. The summed E-state index contributed by atoms with van der Waals surface area (Å²) in [5.41, 5.74) is 1.68. The summed E-state index contributed by atoms with van der Waals surface area (Å²) in [6.07, 6.45) is 4.40. The predicted molar refractivity (Wildman–Crippen MR) is 58.1 cm³/mol. The Morgan fingerprint density at radius 1 is 1.21 bits per heavy atom. The van der Waals surface area contributed by atoms with Crippen LogP contribution in [0, 0.1) is 0 Å². The maximum Gasteiger partial charge on any atom is 0.273 e. The van der Waals surface area contributed by atoms with Crippen LogP contribution in [0.5, 0.6) is 0 Å². The number of hydrogen-bond donors (Lipinski definition) is 2. The minimum atomic E-state index is -0.581. The molecule has 2 nitrogen and oxygen atoms in total. The summed E-state index contributed by atoms with van der Waals surface area (Å²) in [7, 11) is 0. The molecule has 0 aliphatic carbocycles. The van der Waals surface area contributed by atoms with Crippen LogP contribution in [0.4, 0.5) is 0 Å². The molecule has 1 aromatic carbocycles. The first-order valence-corrected chi connectivity index (χ1v) is 4.49. The third kappa shape index (κ3) is 3.35. The largest absolute Gasteiger partial charge is 0.481 e. The molecule has 0 aromatic heterocycles. The van der Waals surface area contributed by atoms with E-state index in [0.717, 1.165) is 5.56 Å². The fourth-order valence-electron chi connectivity index (χ4n) is 1.03. The van der Waals surface area contributed by atoms with Gasteiger partial charge in [0.1, 0.15) is 0 Å². The molecule has 0 unspecified atom stereocenters. The molecular weight excluding hydrogens is 176 g/mol. The van der Waals surface area contributed by atoms with Gasteiger partial charge in [0.15, 0.2) is 0 Å². The van der Waals surface area contributed by atoms with E-state index in [9.17, 15) is 0 Å². The molecule has 74 valence electrons. The molecule has 0 aliphatic heterocycles. The van der Waals surface area contributed by atoms with Gasteiger partial charge in [0.2, 0.25) is 0 Å². The van der Waals surface area contributed by atoms with E-state index in [1.807, 2.05) is 42.5 Å². The fraction of sp³-hybridized carbons (Fsp3) is 0.167. The van der Waals surface area contributed by atoms with E-state index in [1.165, 1.54) is 0 Å². The van der Waals surface area contributed by atoms with Gasteiger partial charge in [-0.2, -0.15) is 0 Å². The van der Waals surface area contributed by atoms with Crippen molar-refractivity contribution in [2.45, 2.75) is 13.3 Å². The average molecular weight is 190 g/mol. The summed E-state index contributed by atoms with van der Waals surface area (Å²) < 4.78 is 0. The van der Waals surface area contributed by atoms with Gasteiger partial charge < -0.3 is 10.2 Å². The first kappa shape index (κ1) is 10.4. The molecule has 0 atom stereocenters. The number of aliphatic hydroxyl groups is 2. The lowest BCUT2D eigenvalue weighted by Crippen LogP contribution is -1.83. The molecule has 0 saturated carbocycles. The highest BCUT2D eigenvalue weighted by atomic mass is 16.5. The molecule has 0 saturated heterocycles. The second kappa shape index (κ2) is 5.12. The summed E-state index contributed by atoms with van der Waals surface area (Å²) in [5, 5.41) is 17.4. The van der Waals surface area contributed by atoms with Gasteiger partial charge in [-0.15, -0.1) is 0 Å². The smallest absolute Gasteiger partial charge is 0.273 e. The van der Waals surface area contributed by atoms with E-state index in [4.69, 9.17) is 10.2 Å². The van der Waals surface area contributed by atoms with Crippen molar-refractivity contribution in [3.05, 3.63) is 53.5 Å². The van der Waals surface area contributed by atoms with Gasteiger partial charge in [-0.3, -0.25) is 0 Å². The van der Waals surface area contributed by atoms with Crippen LogP contribution in [0.3, 0.4) is 0 Å². The van der Waals surface area contributed by atoms with Crippen molar-refractivity contribution in [3.63, 3.8) is 0 Å². The summed E-state index contributed by atoms with van der Waals surface area (Å²) in [5.74, 6) is -0.581. The standard InChI is InChI=1S/C12H14O2/c1-10(12(13)14)6-5-9-11-7-3-2-4-8-11/h2-5,7-9,13-14H,6H2,1H3. The molecule has 0 bridgehead atoms. The molecule has 1 rings (SSSR count). The van der Waals surface area contributed by atoms with Crippen LogP contribution in [-0.2, 0) is 0 Å². The second-order valence-electron chi connectivity index (χ2n) is 3.12. The Hall–Kier alpha value is -1.70. The number of benzene rings is 1. The number of allylic oxidation sites excluding steroid dienone is 2. The highest BCUT2D eigenvalue weighted by Gasteiger charge is 1.93. The van der Waals surface area contributed by atoms with Crippen molar-refractivity contribution in [2.24, 2.45) is 0 Å². The summed E-state index contributed by atoms with van der Waals surface area (Å²) >= 11 is 0. The Morgan fingerprint density at radius 3 is 2.43 bits per heavy atom. The zero-order valence-corrected chi connectivity index (χ0v) is 8.14. The normalized spacial score (nSPS) is 10.4. The molecule has 14 heavy (non-hydrogen) atoms. The number of hydrogen-bond acceptors (Lipinski definition) is 2. The first-order chi connectivity index (χ1) is 6.70. The SMILES string of the molecule is CC(CC=Cc1ccccc1)=C(O)O. The minimum absolute atomic E-state index is 0.553. The molecular formula is C12H14O2. The zero-order valence-electron chi connectivity index (χ0n) is 8.14. The molecule has 2 N–H and O–H groups in total. The Balaban J connectivity index is 2.55. The number of aliphatic hydroxyl groups excluding tert-OH is 1. The molecule has 2 heteroatoms. The molecule has 1 aromatic rings. The topological polar surface area (TPSA) is 40.5 Å². The fourth-order valence-corrected chi connectivity index (χ4v) is 1.03. The van der Waals surface area contributed by atoms with Crippen molar-refractivity contribution in [1.29, 1.82) is 0 Å². The van der Waals surface area contributed by atoms with Crippen LogP contribution in [0.1, 0.15) is 18.9 Å². The van der Waals surface area contributed by atoms with E-state index >= 15 is 0 Å². The Morgan fingerprint density at radius 2 is 1.86 bits per heavy atom. The van der Waals surface area contributed by atoms with Crippen molar-refractivity contribution in [2.75, 3.05) is 0 Å². The summed E-state index contributed by atoms with van der Waals surface area (Å²) in [6, 6.07) is 9.88. The third-order valence-electron chi connectivity index (χ3n) is 1.92. The Kier molecular flexibility index (Phi) is 3.80. The van der Waals surface area contributed by atoms with Crippen LogP contribution < -0.4 is 0 Å². The van der Waals surface area contributed by atoms with E-state index in [-0.39, 0.29) is 0 Å². The van der Waals surface area contributed by atoms with E-state index in [1.54, 1.807) is 6.92 Å². The minimum Gasteiger partial charge on any atom is -0.481 e. The Labute approximate surface area is 83.8 Å². The van der Waals surface area contributed by atoms with Crippen LogP contribution >= 0.6 is 0 Å². The molecule has 0 fully saturated rings. The average Bonchev–Trinajstić information content (AvgIpc) is 2.19. The van der Waals surface area contributed by atoms with Crippen LogP contribution in [0.15, 0.2) is 47.9 Å². The monoisotopic (exact) mass is 190 g/mol. The maximum atomic E-state index is 8.72. The van der Waals surface area contributed by atoms with Gasteiger partial charge in [0.25, 0.3) is 5.95 Å². The Bertz CT molecular complexity index is 333. The molecule has 0 spiro atoms. The van der Waals surface area contributed by atoms with Crippen molar-refractivity contribution < 1.29 is 10.2 Å². The van der Waals surface area contributed by atoms with Crippen LogP contribution in [0.25, 0.3) is 6.08 Å². The van der Waals surface area contributed by atoms with Gasteiger partial charge in [0.05, 0.1) is 0 Å². The van der Waals surface area contributed by atoms with Crippen LogP contribution in [0.2, 0.25) is 0 Å². The van der Waals surface area contributed by atoms with Gasteiger partial charge in [-0.25, -0.2) is 0 Å². The predicted octanol–water partition coefficient (Wildman–Crippen LogP) is 3.44. The van der Waals surface area contributed by atoms with Crippen molar-refractivity contribution in [3.8, 4) is 0 Å². The quantitative estimate of drug-likeness (QED) is 0.717. The lowest BCUT2D eigenvalue weighted by atomic mass is 10.1. The van der Waals surface area contributed by atoms with Gasteiger partial charge >= 0.3 is 0 Å². The highest BCUT2D eigenvalue weighted by Crippen LogP contribution is 2.07. The highest BCUT2D eigenvalue weighted by molar-refractivity contribution is 5.49. The zero-order chi connectivity index (χ0) is 10.4. The lowest BCUT2D eigenvalue weighted by Gasteiger charge is -1.95. The lowest BCUT2D eigenvalue weighted by molar-refractivity contribution is 0.184. The molecule has 0 amide bonds. The van der Waals surface area contributed by atoms with E-state index in [0.29, 0.717) is 12.0 Å². The van der Waals surface area contributed by atoms with E-state index < -0.39 is 5.95 Å². The second-order valence-corrected chi connectivity index (χ2v) is 3.12. The van der Waals surface area contributed by atoms with Gasteiger partial charge in [-0.1, -0.05) is 42.5 Å². The number of rotatable bonds is 3. The maximum absolute atomic E-state index is 8.72. The van der Waals surface area contributed by atoms with Crippen molar-refractivity contribution in [1.82, 2.24) is 0 Å². The van der Waals surface area contributed by atoms with Gasteiger partial charge in [0, 0.05) is 5.57 Å². The molecule has 0 heterocycles. The summed E-state index contributed by atoms with van der Waals surface area (Å²) in [6.45, 7) is 1.69. The van der Waals surface area contributed by atoms with Crippen LogP contribution in [-0.4, -0.2) is 10.2 Å². The molecule has 0 radical (unpaired) electrons. The van der Waals surface area contributed by atoms with Crippen molar-refractivity contribution >= 4 is 6.08 Å². The first-order valence-electron chi connectivity index (χ1n) is 4.49. The van der Waals surface area contributed by atoms with E-state index in [2.05, 4.69) is 0 Å². The molecule has 0 aliphatic rings. The third-order valence-corrected chi connectivity index (χ3v) is 1.92. The van der Waals surface area contributed by atoms with Gasteiger partial charge in [-0.05, 0) is 18.9 Å².